The molecule has 0 aliphatic carbocycles. The van der Waals surface area contributed by atoms with E-state index in [2.05, 4.69) is 5.32 Å². The Labute approximate surface area is 183 Å². The van der Waals surface area contributed by atoms with Gasteiger partial charge in [0.2, 0.25) is 5.43 Å². The molecule has 0 bridgehead atoms. The maximum atomic E-state index is 14.9. The predicted octanol–water partition coefficient (Wildman–Crippen LogP) is 4.42. The number of aromatic nitrogens is 1. The van der Waals surface area contributed by atoms with Crippen molar-refractivity contribution in [3.05, 3.63) is 75.6 Å². The van der Waals surface area contributed by atoms with Crippen LogP contribution in [0, 0.1) is 11.6 Å². The standard InChI is InChI=1S/C24H24F2N2O4/c1-2-32-24(30)17-14-28(16-8-10-31-11-9-16)19-12-18(25)21(26)22(20(19)23(17)29)27-13-15-6-4-3-5-7-15/h3-7,12,14,16,27H,2,8-11,13H2,1H3. The molecule has 32 heavy (non-hydrogen) atoms. The minimum Gasteiger partial charge on any atom is -0.462 e. The van der Waals surface area contributed by atoms with Gasteiger partial charge in [0, 0.05) is 38.1 Å². The minimum absolute atomic E-state index is 0.0723. The van der Waals surface area contributed by atoms with Crippen LogP contribution in [0.25, 0.3) is 10.9 Å². The maximum Gasteiger partial charge on any atom is 0.343 e. The van der Waals surface area contributed by atoms with E-state index in [1.807, 2.05) is 30.3 Å². The van der Waals surface area contributed by atoms with E-state index < -0.39 is 23.0 Å². The molecule has 1 aliphatic heterocycles. The number of ether oxygens (including phenoxy) is 2. The van der Waals surface area contributed by atoms with E-state index >= 15 is 0 Å². The van der Waals surface area contributed by atoms with E-state index in [-0.39, 0.29) is 41.3 Å². The third-order valence-corrected chi connectivity index (χ3v) is 5.61. The highest BCUT2D eigenvalue weighted by molar-refractivity contribution is 5.98. The topological polar surface area (TPSA) is 69.6 Å². The molecule has 8 heteroatoms. The number of fused-ring (bicyclic) bond motifs is 1. The number of rotatable bonds is 6. The molecule has 4 rings (SSSR count). The second kappa shape index (κ2) is 9.48. The third-order valence-electron chi connectivity index (χ3n) is 5.61. The van der Waals surface area contributed by atoms with Gasteiger partial charge in [0.1, 0.15) is 5.56 Å². The zero-order valence-electron chi connectivity index (χ0n) is 17.7. The summed E-state index contributed by atoms with van der Waals surface area (Å²) in [5, 5.41) is 2.80. The van der Waals surface area contributed by atoms with Crippen molar-refractivity contribution in [3.8, 4) is 0 Å². The number of anilines is 1. The maximum absolute atomic E-state index is 14.9. The normalized spacial score (nSPS) is 14.5. The van der Waals surface area contributed by atoms with Crippen molar-refractivity contribution in [2.24, 2.45) is 0 Å². The molecule has 168 valence electrons. The first-order valence-electron chi connectivity index (χ1n) is 10.6. The summed E-state index contributed by atoms with van der Waals surface area (Å²) in [5.41, 5.74) is -0.114. The lowest BCUT2D eigenvalue weighted by Crippen LogP contribution is -2.26. The number of nitrogens with one attached hydrogen (secondary N) is 1. The Morgan fingerprint density at radius 1 is 1.22 bits per heavy atom. The molecule has 0 unspecified atom stereocenters. The van der Waals surface area contributed by atoms with Gasteiger partial charge in [-0.15, -0.1) is 0 Å². The SMILES string of the molecule is CCOC(=O)c1cn(C2CCOCC2)c2cc(F)c(F)c(NCc3ccccc3)c2c1=O. The fourth-order valence-corrected chi connectivity index (χ4v) is 4.02. The Morgan fingerprint density at radius 2 is 1.94 bits per heavy atom. The zero-order chi connectivity index (χ0) is 22.7. The van der Waals surface area contributed by atoms with Crippen molar-refractivity contribution in [1.29, 1.82) is 0 Å². The van der Waals surface area contributed by atoms with Gasteiger partial charge in [-0.3, -0.25) is 4.79 Å². The molecule has 0 spiro atoms. The smallest absolute Gasteiger partial charge is 0.343 e. The highest BCUT2D eigenvalue weighted by atomic mass is 19.2. The number of esters is 1. The first-order valence-corrected chi connectivity index (χ1v) is 10.6. The Morgan fingerprint density at radius 3 is 2.62 bits per heavy atom. The van der Waals surface area contributed by atoms with E-state index in [0.717, 1.165) is 11.6 Å². The second-order valence-electron chi connectivity index (χ2n) is 7.62. The molecule has 0 amide bonds. The van der Waals surface area contributed by atoms with Gasteiger partial charge in [0.25, 0.3) is 0 Å². The Hall–Kier alpha value is -3.26. The first kappa shape index (κ1) is 22.0. The summed E-state index contributed by atoms with van der Waals surface area (Å²) in [6.07, 6.45) is 2.63. The summed E-state index contributed by atoms with van der Waals surface area (Å²) < 4.78 is 41.7. The van der Waals surface area contributed by atoms with Gasteiger partial charge < -0.3 is 19.4 Å². The quantitative estimate of drug-likeness (QED) is 0.573. The molecule has 1 aromatic heterocycles. The summed E-state index contributed by atoms with van der Waals surface area (Å²) in [4.78, 5) is 25.8. The highest BCUT2D eigenvalue weighted by Gasteiger charge is 2.26. The average molecular weight is 442 g/mol. The van der Waals surface area contributed by atoms with E-state index in [4.69, 9.17) is 9.47 Å². The van der Waals surface area contributed by atoms with Crippen molar-refractivity contribution in [2.75, 3.05) is 25.1 Å². The van der Waals surface area contributed by atoms with Gasteiger partial charge in [-0.25, -0.2) is 13.6 Å². The Bertz CT molecular complexity index is 1190. The molecule has 2 heterocycles. The van der Waals surface area contributed by atoms with E-state index in [1.54, 1.807) is 11.5 Å². The van der Waals surface area contributed by atoms with Crippen LogP contribution in [0.2, 0.25) is 0 Å². The lowest BCUT2D eigenvalue weighted by Gasteiger charge is -2.27. The fraction of sp³-hybridized carbons (Fsp3) is 0.333. The number of halogens is 2. The van der Waals surface area contributed by atoms with Crippen LogP contribution < -0.4 is 10.7 Å². The summed E-state index contributed by atoms with van der Waals surface area (Å²) in [5.74, 6) is -3.03. The monoisotopic (exact) mass is 442 g/mol. The van der Waals surface area contributed by atoms with Crippen LogP contribution in [-0.2, 0) is 16.0 Å². The van der Waals surface area contributed by atoms with Gasteiger partial charge >= 0.3 is 5.97 Å². The van der Waals surface area contributed by atoms with Gasteiger partial charge in [-0.05, 0) is 25.3 Å². The van der Waals surface area contributed by atoms with Crippen molar-refractivity contribution in [3.63, 3.8) is 0 Å². The van der Waals surface area contributed by atoms with Crippen molar-refractivity contribution < 1.29 is 23.0 Å². The van der Waals surface area contributed by atoms with Gasteiger partial charge in [-0.2, -0.15) is 0 Å². The number of benzene rings is 2. The molecule has 2 aromatic carbocycles. The van der Waals surface area contributed by atoms with Gasteiger partial charge in [-0.1, -0.05) is 30.3 Å². The van der Waals surface area contributed by atoms with Crippen LogP contribution in [0.3, 0.4) is 0 Å². The number of hydrogen-bond donors (Lipinski definition) is 1. The summed E-state index contributed by atoms with van der Waals surface area (Å²) in [7, 11) is 0. The summed E-state index contributed by atoms with van der Waals surface area (Å²) in [6.45, 7) is 2.89. The number of carbonyl (C=O) groups excluding carboxylic acids is 1. The molecule has 1 saturated heterocycles. The van der Waals surface area contributed by atoms with Crippen LogP contribution in [0.4, 0.5) is 14.5 Å². The van der Waals surface area contributed by atoms with Crippen molar-refractivity contribution in [1.82, 2.24) is 4.57 Å². The van der Waals surface area contributed by atoms with Crippen LogP contribution in [0.5, 0.6) is 0 Å². The molecular weight excluding hydrogens is 418 g/mol. The summed E-state index contributed by atoms with van der Waals surface area (Å²) >= 11 is 0. The molecule has 0 atom stereocenters. The van der Waals surface area contributed by atoms with Crippen LogP contribution in [-0.4, -0.2) is 30.4 Å². The number of carbonyl (C=O) groups is 1. The average Bonchev–Trinajstić information content (AvgIpc) is 2.81. The van der Waals surface area contributed by atoms with Crippen LogP contribution in [0.15, 0.2) is 47.4 Å². The Kier molecular flexibility index (Phi) is 6.50. The predicted molar refractivity (Wildman–Crippen MR) is 117 cm³/mol. The van der Waals surface area contributed by atoms with E-state index in [0.29, 0.717) is 26.1 Å². The van der Waals surface area contributed by atoms with Gasteiger partial charge in [0.05, 0.1) is 23.2 Å². The number of nitrogens with zero attached hydrogens (tertiary/aromatic N) is 1. The molecular formula is C24H24F2N2O4. The highest BCUT2D eigenvalue weighted by Crippen LogP contribution is 2.32. The molecule has 1 N–H and O–H groups in total. The van der Waals surface area contributed by atoms with E-state index in [1.165, 1.54) is 6.20 Å². The Balaban J connectivity index is 1.93. The van der Waals surface area contributed by atoms with Crippen LogP contribution in [0.1, 0.15) is 41.7 Å². The lowest BCUT2D eigenvalue weighted by atomic mass is 10.0. The number of pyridine rings is 1. The molecule has 0 radical (unpaired) electrons. The van der Waals surface area contributed by atoms with Crippen LogP contribution >= 0.6 is 0 Å². The fourth-order valence-electron chi connectivity index (χ4n) is 4.02. The molecule has 6 nitrogen and oxygen atoms in total. The largest absolute Gasteiger partial charge is 0.462 e. The second-order valence-corrected chi connectivity index (χ2v) is 7.62. The lowest BCUT2D eigenvalue weighted by molar-refractivity contribution is 0.0522. The third kappa shape index (κ3) is 4.23. The summed E-state index contributed by atoms with van der Waals surface area (Å²) in [6, 6.07) is 10.0. The van der Waals surface area contributed by atoms with Crippen molar-refractivity contribution in [2.45, 2.75) is 32.4 Å². The minimum atomic E-state index is -1.16. The molecule has 1 aliphatic rings. The molecule has 1 fully saturated rings. The zero-order valence-corrected chi connectivity index (χ0v) is 17.7. The van der Waals surface area contributed by atoms with Crippen molar-refractivity contribution >= 4 is 22.6 Å². The molecule has 0 saturated carbocycles. The number of hydrogen-bond acceptors (Lipinski definition) is 5. The first-order chi connectivity index (χ1) is 15.5. The van der Waals surface area contributed by atoms with Gasteiger partial charge in [0.15, 0.2) is 11.6 Å². The molecule has 3 aromatic rings. The van der Waals surface area contributed by atoms with E-state index in [9.17, 15) is 18.4 Å².